The first kappa shape index (κ1) is 19.4. The zero-order valence-corrected chi connectivity index (χ0v) is 14.7. The Bertz CT molecular complexity index is 827. The maximum Gasteiger partial charge on any atom is 0.209 e. The number of halogens is 2. The lowest BCUT2D eigenvalue weighted by atomic mass is 10.0. The van der Waals surface area contributed by atoms with Crippen LogP contribution in [0.25, 0.3) is 0 Å². The van der Waals surface area contributed by atoms with Gasteiger partial charge in [0.2, 0.25) is 6.41 Å². The van der Waals surface area contributed by atoms with Gasteiger partial charge in [-0.3, -0.25) is 9.59 Å². The summed E-state index contributed by atoms with van der Waals surface area (Å²) in [6, 6.07) is 6.53. The van der Waals surface area contributed by atoms with Gasteiger partial charge in [-0.05, 0) is 24.6 Å². The number of aldehydes is 1. The van der Waals surface area contributed by atoms with Gasteiger partial charge in [0.05, 0.1) is 6.04 Å². The zero-order valence-electron chi connectivity index (χ0n) is 14.7. The van der Waals surface area contributed by atoms with Crippen LogP contribution >= 0.6 is 0 Å². The Kier molecular flexibility index (Phi) is 5.92. The van der Waals surface area contributed by atoms with Gasteiger partial charge in [0.1, 0.15) is 12.0 Å². The molecule has 2 aromatic carbocycles. The van der Waals surface area contributed by atoms with Crippen molar-refractivity contribution in [2.45, 2.75) is 19.5 Å². The summed E-state index contributed by atoms with van der Waals surface area (Å²) in [5.74, 6) is -2.55. The van der Waals surface area contributed by atoms with Crippen LogP contribution in [-0.2, 0) is 11.3 Å². The van der Waals surface area contributed by atoms with Crippen molar-refractivity contribution in [3.8, 4) is 5.75 Å². The average Bonchev–Trinajstić information content (AvgIpc) is 2.63. The summed E-state index contributed by atoms with van der Waals surface area (Å²) in [4.78, 5) is 25.3. The molecule has 0 aliphatic carbocycles. The Hall–Kier alpha value is -2.96. The highest BCUT2D eigenvalue weighted by molar-refractivity contribution is 5.78. The normalized spacial score (nSPS) is 11.7. The number of anilines is 1. The highest BCUT2D eigenvalue weighted by Crippen LogP contribution is 2.31. The highest BCUT2D eigenvalue weighted by atomic mass is 19.2. The summed E-state index contributed by atoms with van der Waals surface area (Å²) in [6.45, 7) is 1.78. The fourth-order valence-electron chi connectivity index (χ4n) is 2.71. The van der Waals surface area contributed by atoms with E-state index in [0.29, 0.717) is 30.0 Å². The van der Waals surface area contributed by atoms with Crippen molar-refractivity contribution in [2.75, 3.05) is 19.0 Å². The average molecular weight is 362 g/mol. The minimum Gasteiger partial charge on any atom is -0.508 e. The number of nitrogens with zero attached hydrogens (tertiary/aromatic N) is 2. The standard InChI is InChI=1S/C19H20F2N2O3/c1-12(23(3)11-25)16-5-4-13(10-24)6-18(16)22(2)9-14-7-15(26)8-17(20)19(14)21/h4-8,10-12,26H,9H2,1-3H3. The van der Waals surface area contributed by atoms with Gasteiger partial charge in [-0.15, -0.1) is 0 Å². The first-order valence-corrected chi connectivity index (χ1v) is 7.92. The van der Waals surface area contributed by atoms with E-state index >= 15 is 0 Å². The van der Waals surface area contributed by atoms with Crippen molar-refractivity contribution < 1.29 is 23.5 Å². The number of phenolic OH excluding ortho intramolecular Hbond substituents is 1. The number of phenols is 1. The molecule has 1 amide bonds. The molecule has 0 aliphatic rings. The van der Waals surface area contributed by atoms with E-state index in [4.69, 9.17) is 0 Å². The molecule has 0 bridgehead atoms. The third kappa shape index (κ3) is 3.99. The second kappa shape index (κ2) is 7.95. The molecule has 0 radical (unpaired) electrons. The lowest BCUT2D eigenvalue weighted by molar-refractivity contribution is -0.118. The molecule has 1 N–H and O–H groups in total. The van der Waals surface area contributed by atoms with E-state index in [-0.39, 0.29) is 23.9 Å². The summed E-state index contributed by atoms with van der Waals surface area (Å²) >= 11 is 0. The van der Waals surface area contributed by atoms with Gasteiger partial charge in [-0.2, -0.15) is 0 Å². The van der Waals surface area contributed by atoms with Gasteiger partial charge < -0.3 is 14.9 Å². The Balaban J connectivity index is 2.45. The Morgan fingerprint density at radius 1 is 1.15 bits per heavy atom. The van der Waals surface area contributed by atoms with Gasteiger partial charge in [0, 0.05) is 43.5 Å². The van der Waals surface area contributed by atoms with Crippen molar-refractivity contribution in [3.63, 3.8) is 0 Å². The SMILES string of the molecule is CC(c1ccc(C=O)cc1N(C)Cc1cc(O)cc(F)c1F)N(C)C=O. The first-order valence-electron chi connectivity index (χ1n) is 7.92. The van der Waals surface area contributed by atoms with E-state index < -0.39 is 11.6 Å². The molecule has 26 heavy (non-hydrogen) atoms. The summed E-state index contributed by atoms with van der Waals surface area (Å²) in [5, 5.41) is 9.51. The number of amides is 1. The number of benzene rings is 2. The van der Waals surface area contributed by atoms with Crippen molar-refractivity contribution in [2.24, 2.45) is 0 Å². The summed E-state index contributed by atoms with van der Waals surface area (Å²) in [6.07, 6.45) is 1.37. The van der Waals surface area contributed by atoms with E-state index in [9.17, 15) is 23.5 Å². The smallest absolute Gasteiger partial charge is 0.209 e. The van der Waals surface area contributed by atoms with E-state index in [1.807, 2.05) is 6.92 Å². The lowest BCUT2D eigenvalue weighted by Gasteiger charge is -2.28. The van der Waals surface area contributed by atoms with Crippen molar-refractivity contribution in [3.05, 3.63) is 58.7 Å². The molecule has 0 spiro atoms. The largest absolute Gasteiger partial charge is 0.508 e. The van der Waals surface area contributed by atoms with Crippen LogP contribution < -0.4 is 4.90 Å². The van der Waals surface area contributed by atoms with Gasteiger partial charge in [-0.25, -0.2) is 8.78 Å². The Morgan fingerprint density at radius 3 is 2.46 bits per heavy atom. The molecule has 2 rings (SSSR count). The molecular weight excluding hydrogens is 342 g/mol. The molecule has 0 saturated carbocycles. The monoisotopic (exact) mass is 362 g/mol. The van der Waals surface area contributed by atoms with Crippen LogP contribution in [0.4, 0.5) is 14.5 Å². The minimum atomic E-state index is -1.13. The summed E-state index contributed by atoms with van der Waals surface area (Å²) in [7, 11) is 3.28. The zero-order chi connectivity index (χ0) is 19.4. The van der Waals surface area contributed by atoms with Gasteiger partial charge in [0.15, 0.2) is 11.6 Å². The molecule has 2 aromatic rings. The Morgan fingerprint density at radius 2 is 1.85 bits per heavy atom. The number of hydrogen-bond donors (Lipinski definition) is 1. The van der Waals surface area contributed by atoms with E-state index in [1.165, 1.54) is 4.90 Å². The lowest BCUT2D eigenvalue weighted by Crippen LogP contribution is -2.25. The number of carbonyl (C=O) groups excluding carboxylic acids is 2. The van der Waals surface area contributed by atoms with E-state index in [0.717, 1.165) is 11.6 Å². The number of rotatable bonds is 7. The van der Waals surface area contributed by atoms with Crippen molar-refractivity contribution in [1.82, 2.24) is 4.90 Å². The molecule has 0 heterocycles. The van der Waals surface area contributed by atoms with Crippen LogP contribution in [0.15, 0.2) is 30.3 Å². The highest BCUT2D eigenvalue weighted by Gasteiger charge is 2.19. The van der Waals surface area contributed by atoms with Crippen LogP contribution in [0.2, 0.25) is 0 Å². The quantitative estimate of drug-likeness (QED) is 0.768. The van der Waals surface area contributed by atoms with Crippen LogP contribution in [0.3, 0.4) is 0 Å². The molecule has 5 nitrogen and oxygen atoms in total. The van der Waals surface area contributed by atoms with Crippen molar-refractivity contribution >= 4 is 18.4 Å². The predicted octanol–water partition coefficient (Wildman–Crippen LogP) is 3.27. The topological polar surface area (TPSA) is 60.9 Å². The first-order chi connectivity index (χ1) is 12.3. The number of aromatic hydroxyl groups is 1. The molecule has 1 unspecified atom stereocenters. The fraction of sp³-hybridized carbons (Fsp3) is 0.263. The van der Waals surface area contributed by atoms with Crippen LogP contribution in [-0.4, -0.2) is 36.8 Å². The van der Waals surface area contributed by atoms with Crippen LogP contribution in [0, 0.1) is 11.6 Å². The minimum absolute atomic E-state index is 0.0242. The summed E-state index contributed by atoms with van der Waals surface area (Å²) in [5.41, 5.74) is 1.73. The predicted molar refractivity (Wildman–Crippen MR) is 94.2 cm³/mol. The van der Waals surface area contributed by atoms with Crippen LogP contribution in [0.5, 0.6) is 5.75 Å². The molecule has 138 valence electrons. The summed E-state index contributed by atoms with van der Waals surface area (Å²) < 4.78 is 27.5. The van der Waals surface area contributed by atoms with Gasteiger partial charge in [0.25, 0.3) is 0 Å². The van der Waals surface area contributed by atoms with Gasteiger partial charge >= 0.3 is 0 Å². The number of carbonyl (C=O) groups is 2. The van der Waals surface area contributed by atoms with E-state index in [2.05, 4.69) is 0 Å². The second-order valence-electron chi connectivity index (χ2n) is 6.14. The molecule has 0 aromatic heterocycles. The van der Waals surface area contributed by atoms with Gasteiger partial charge in [-0.1, -0.05) is 12.1 Å². The maximum absolute atomic E-state index is 14.0. The molecule has 0 saturated heterocycles. The third-order valence-corrected chi connectivity index (χ3v) is 4.32. The molecule has 0 aliphatic heterocycles. The van der Waals surface area contributed by atoms with Crippen molar-refractivity contribution in [1.29, 1.82) is 0 Å². The molecule has 0 fully saturated rings. The number of hydrogen-bond acceptors (Lipinski definition) is 4. The molecule has 1 atom stereocenters. The Labute approximate surface area is 150 Å². The van der Waals surface area contributed by atoms with Crippen LogP contribution in [0.1, 0.15) is 34.5 Å². The maximum atomic E-state index is 14.0. The molecule has 7 heteroatoms. The second-order valence-corrected chi connectivity index (χ2v) is 6.14. The third-order valence-electron chi connectivity index (χ3n) is 4.32. The molecular formula is C19H20F2N2O3. The van der Waals surface area contributed by atoms with E-state index in [1.54, 1.807) is 37.2 Å². The fourth-order valence-corrected chi connectivity index (χ4v) is 2.71.